The van der Waals surface area contributed by atoms with E-state index in [9.17, 15) is 18.0 Å². The molecule has 0 saturated carbocycles. The average molecular weight is 327 g/mol. The smallest absolute Gasteiger partial charge is 0.416 e. The van der Waals surface area contributed by atoms with Crippen molar-refractivity contribution in [2.45, 2.75) is 25.6 Å². The van der Waals surface area contributed by atoms with E-state index >= 15 is 0 Å². The van der Waals surface area contributed by atoms with Gasteiger partial charge in [-0.2, -0.15) is 18.3 Å². The van der Waals surface area contributed by atoms with Crippen molar-refractivity contribution in [3.05, 3.63) is 47.8 Å². The number of carboxylic acids is 1. The SMILES string of the molecule is O=C(O)CCCNCc1cnn(-c2ccc(C(F)(F)F)cc2)c1. The number of hydrogen-bond acceptors (Lipinski definition) is 3. The molecular weight excluding hydrogens is 311 g/mol. The minimum Gasteiger partial charge on any atom is -0.481 e. The van der Waals surface area contributed by atoms with Gasteiger partial charge < -0.3 is 10.4 Å². The molecule has 5 nitrogen and oxygen atoms in total. The molecule has 1 aromatic carbocycles. The van der Waals surface area contributed by atoms with Crippen molar-refractivity contribution in [3.63, 3.8) is 0 Å². The van der Waals surface area contributed by atoms with E-state index in [1.807, 2.05) is 0 Å². The second kappa shape index (κ2) is 7.28. The first-order chi connectivity index (χ1) is 10.9. The molecule has 0 spiro atoms. The maximum absolute atomic E-state index is 12.5. The predicted octanol–water partition coefficient (Wildman–Crippen LogP) is 2.85. The molecule has 0 amide bonds. The summed E-state index contributed by atoms with van der Waals surface area (Å²) < 4.78 is 39.0. The van der Waals surface area contributed by atoms with Crippen molar-refractivity contribution in [2.24, 2.45) is 0 Å². The molecule has 0 unspecified atom stereocenters. The van der Waals surface area contributed by atoms with Gasteiger partial charge in [-0.3, -0.25) is 4.79 Å². The molecule has 2 rings (SSSR count). The number of halogens is 3. The van der Waals surface area contributed by atoms with Gasteiger partial charge in [-0.05, 0) is 37.2 Å². The second-order valence-electron chi connectivity index (χ2n) is 5.01. The summed E-state index contributed by atoms with van der Waals surface area (Å²) in [6.07, 6.45) is -0.386. The Bertz CT molecular complexity index is 651. The van der Waals surface area contributed by atoms with Crippen LogP contribution < -0.4 is 5.32 Å². The van der Waals surface area contributed by atoms with Gasteiger partial charge >= 0.3 is 12.1 Å². The lowest BCUT2D eigenvalue weighted by atomic mass is 10.2. The highest BCUT2D eigenvalue weighted by Crippen LogP contribution is 2.29. The highest BCUT2D eigenvalue weighted by molar-refractivity contribution is 5.66. The maximum atomic E-state index is 12.5. The van der Waals surface area contributed by atoms with Crippen LogP contribution >= 0.6 is 0 Å². The van der Waals surface area contributed by atoms with Gasteiger partial charge in [0.05, 0.1) is 17.4 Å². The first kappa shape index (κ1) is 17.0. The van der Waals surface area contributed by atoms with Crippen LogP contribution in [0.25, 0.3) is 5.69 Å². The van der Waals surface area contributed by atoms with Crippen LogP contribution in [0.5, 0.6) is 0 Å². The molecule has 0 aliphatic carbocycles. The van der Waals surface area contributed by atoms with Gasteiger partial charge in [0.1, 0.15) is 0 Å². The van der Waals surface area contributed by atoms with Crippen molar-refractivity contribution in [1.82, 2.24) is 15.1 Å². The summed E-state index contributed by atoms with van der Waals surface area (Å²) in [5, 5.41) is 15.7. The van der Waals surface area contributed by atoms with Crippen LogP contribution in [0.15, 0.2) is 36.7 Å². The Kier molecular flexibility index (Phi) is 5.38. The number of carbonyl (C=O) groups is 1. The largest absolute Gasteiger partial charge is 0.481 e. The Hall–Kier alpha value is -2.35. The molecule has 0 saturated heterocycles. The monoisotopic (exact) mass is 327 g/mol. The normalized spacial score (nSPS) is 11.6. The lowest BCUT2D eigenvalue weighted by Gasteiger charge is -2.07. The van der Waals surface area contributed by atoms with E-state index in [0.717, 1.165) is 17.7 Å². The van der Waals surface area contributed by atoms with Gasteiger partial charge in [0.15, 0.2) is 0 Å². The Morgan fingerprint density at radius 1 is 1.26 bits per heavy atom. The van der Waals surface area contributed by atoms with Crippen molar-refractivity contribution < 1.29 is 23.1 Å². The number of alkyl halides is 3. The highest BCUT2D eigenvalue weighted by Gasteiger charge is 2.29. The van der Waals surface area contributed by atoms with Gasteiger partial charge in [-0.25, -0.2) is 4.68 Å². The molecule has 1 heterocycles. The molecule has 0 radical (unpaired) electrons. The van der Waals surface area contributed by atoms with Gasteiger partial charge in [0.2, 0.25) is 0 Å². The molecule has 2 N–H and O–H groups in total. The van der Waals surface area contributed by atoms with Crippen molar-refractivity contribution in [1.29, 1.82) is 0 Å². The Morgan fingerprint density at radius 2 is 1.96 bits per heavy atom. The Morgan fingerprint density at radius 3 is 2.57 bits per heavy atom. The fraction of sp³-hybridized carbons (Fsp3) is 0.333. The summed E-state index contributed by atoms with van der Waals surface area (Å²) in [4.78, 5) is 10.4. The molecule has 0 bridgehead atoms. The number of nitrogens with one attached hydrogen (secondary N) is 1. The number of rotatable bonds is 7. The van der Waals surface area contributed by atoms with Crippen molar-refractivity contribution >= 4 is 5.97 Å². The maximum Gasteiger partial charge on any atom is 0.416 e. The van der Waals surface area contributed by atoms with E-state index < -0.39 is 17.7 Å². The van der Waals surface area contributed by atoms with E-state index in [1.165, 1.54) is 16.8 Å². The van der Waals surface area contributed by atoms with Crippen molar-refractivity contribution in [3.8, 4) is 5.69 Å². The molecular formula is C15H16F3N3O2. The van der Waals surface area contributed by atoms with Crippen LogP contribution in [0, 0.1) is 0 Å². The van der Waals surface area contributed by atoms with Gasteiger partial charge in [-0.15, -0.1) is 0 Å². The summed E-state index contributed by atoms with van der Waals surface area (Å²) in [6, 6.07) is 4.75. The zero-order valence-corrected chi connectivity index (χ0v) is 12.2. The number of hydrogen-bond donors (Lipinski definition) is 2. The summed E-state index contributed by atoms with van der Waals surface area (Å²) >= 11 is 0. The summed E-state index contributed by atoms with van der Waals surface area (Å²) in [5.74, 6) is -0.832. The molecule has 2 aromatic rings. The first-order valence-electron chi connectivity index (χ1n) is 7.00. The lowest BCUT2D eigenvalue weighted by Crippen LogP contribution is -2.15. The van der Waals surface area contributed by atoms with Crippen LogP contribution in [-0.2, 0) is 17.5 Å². The van der Waals surface area contributed by atoms with E-state index in [0.29, 0.717) is 25.2 Å². The lowest BCUT2D eigenvalue weighted by molar-refractivity contribution is -0.138. The standard InChI is InChI=1S/C15H16F3N3O2/c16-15(17,18)12-3-5-13(6-4-12)21-10-11(9-20-21)8-19-7-1-2-14(22)23/h3-6,9-10,19H,1-2,7-8H2,(H,22,23). The number of aliphatic carboxylic acids is 1. The van der Waals surface area contributed by atoms with Crippen LogP contribution in [-0.4, -0.2) is 27.4 Å². The minimum absolute atomic E-state index is 0.109. The molecule has 0 atom stereocenters. The van der Waals surface area contributed by atoms with Crippen molar-refractivity contribution in [2.75, 3.05) is 6.54 Å². The third-order valence-electron chi connectivity index (χ3n) is 3.17. The second-order valence-corrected chi connectivity index (χ2v) is 5.01. The van der Waals surface area contributed by atoms with E-state index in [1.54, 1.807) is 12.4 Å². The summed E-state index contributed by atoms with van der Waals surface area (Å²) in [7, 11) is 0. The molecule has 23 heavy (non-hydrogen) atoms. The molecule has 8 heteroatoms. The molecule has 0 fully saturated rings. The van der Waals surface area contributed by atoms with Crippen LogP contribution in [0.3, 0.4) is 0 Å². The predicted molar refractivity (Wildman–Crippen MR) is 77.1 cm³/mol. The molecule has 1 aromatic heterocycles. The Balaban J connectivity index is 1.90. The number of aromatic nitrogens is 2. The van der Waals surface area contributed by atoms with Crippen LogP contribution in [0.2, 0.25) is 0 Å². The summed E-state index contributed by atoms with van der Waals surface area (Å²) in [6.45, 7) is 1.08. The topological polar surface area (TPSA) is 67.2 Å². The van der Waals surface area contributed by atoms with E-state index in [-0.39, 0.29) is 6.42 Å². The fourth-order valence-corrected chi connectivity index (χ4v) is 1.99. The third-order valence-corrected chi connectivity index (χ3v) is 3.17. The molecule has 124 valence electrons. The summed E-state index contributed by atoms with van der Waals surface area (Å²) in [5.41, 5.74) is 0.698. The van der Waals surface area contributed by atoms with Gasteiger partial charge in [-0.1, -0.05) is 0 Å². The van der Waals surface area contributed by atoms with Crippen LogP contribution in [0.1, 0.15) is 24.0 Å². The van der Waals surface area contributed by atoms with E-state index in [2.05, 4.69) is 10.4 Å². The Labute approximate surface area is 130 Å². The fourth-order valence-electron chi connectivity index (χ4n) is 1.99. The zero-order chi connectivity index (χ0) is 16.9. The third kappa shape index (κ3) is 5.10. The molecule has 0 aliphatic rings. The van der Waals surface area contributed by atoms with Gasteiger partial charge in [0, 0.05) is 24.7 Å². The number of nitrogens with zero attached hydrogens (tertiary/aromatic N) is 2. The number of benzene rings is 1. The first-order valence-corrected chi connectivity index (χ1v) is 7.00. The molecule has 0 aliphatic heterocycles. The zero-order valence-electron chi connectivity index (χ0n) is 12.2. The minimum atomic E-state index is -4.35. The average Bonchev–Trinajstić information content (AvgIpc) is 2.95. The van der Waals surface area contributed by atoms with Crippen LogP contribution in [0.4, 0.5) is 13.2 Å². The number of carboxylic acid groups (broad SMARTS) is 1. The van der Waals surface area contributed by atoms with E-state index in [4.69, 9.17) is 5.11 Å². The highest BCUT2D eigenvalue weighted by atomic mass is 19.4. The van der Waals surface area contributed by atoms with Gasteiger partial charge in [0.25, 0.3) is 0 Å². The quantitative estimate of drug-likeness (QED) is 0.768.